The van der Waals surface area contributed by atoms with Gasteiger partial charge in [-0.25, -0.2) is 4.98 Å². The van der Waals surface area contributed by atoms with E-state index in [-0.39, 0.29) is 6.61 Å². The van der Waals surface area contributed by atoms with Crippen molar-refractivity contribution in [2.75, 3.05) is 7.11 Å². The first-order chi connectivity index (χ1) is 8.15. The van der Waals surface area contributed by atoms with Gasteiger partial charge in [-0.15, -0.1) is 11.3 Å². The number of nitrogens with zero attached hydrogens (tertiary/aromatic N) is 1. The molecule has 0 aliphatic rings. The van der Waals surface area contributed by atoms with Crippen molar-refractivity contribution in [2.24, 2.45) is 0 Å². The van der Waals surface area contributed by atoms with Crippen LogP contribution in [-0.2, 0) is 6.61 Å². The van der Waals surface area contributed by atoms with Gasteiger partial charge in [0, 0.05) is 10.9 Å². The highest BCUT2D eigenvalue weighted by atomic mass is 32.1. The Morgan fingerprint density at radius 3 is 2.71 bits per heavy atom. The van der Waals surface area contributed by atoms with Gasteiger partial charge in [-0.3, -0.25) is 0 Å². The van der Waals surface area contributed by atoms with Crippen molar-refractivity contribution < 1.29 is 9.84 Å². The molecule has 2 rings (SSSR count). The number of aliphatic hydroxyl groups excluding tert-OH is 1. The smallest absolute Gasteiger partial charge is 0.128 e. The van der Waals surface area contributed by atoms with Crippen molar-refractivity contribution in [3.63, 3.8) is 0 Å². The fraction of sp³-hybridized carbons (Fsp3) is 0.308. The molecular weight excluding hydrogens is 234 g/mol. The number of aryl methyl sites for hydroxylation is 2. The molecule has 1 N–H and O–H groups in total. The summed E-state index contributed by atoms with van der Waals surface area (Å²) in [6.07, 6.45) is 0. The average Bonchev–Trinajstić information content (AvgIpc) is 2.76. The summed E-state index contributed by atoms with van der Waals surface area (Å²) in [4.78, 5) is 4.39. The van der Waals surface area contributed by atoms with Gasteiger partial charge in [0.1, 0.15) is 10.8 Å². The summed E-state index contributed by atoms with van der Waals surface area (Å²) in [6.45, 7) is 4.07. The standard InChI is InChI=1S/C13H15NO2S/c1-8-4-9(2)13(11(5-8)16-3)10-7-17-12(6-15)14-10/h4-5,7,15H,6H2,1-3H3. The molecule has 0 saturated heterocycles. The Morgan fingerprint density at radius 2 is 2.12 bits per heavy atom. The summed E-state index contributed by atoms with van der Waals surface area (Å²) < 4.78 is 5.41. The Kier molecular flexibility index (Phi) is 3.45. The van der Waals surface area contributed by atoms with Crippen molar-refractivity contribution in [3.05, 3.63) is 33.6 Å². The van der Waals surface area contributed by atoms with Gasteiger partial charge in [0.15, 0.2) is 0 Å². The number of benzene rings is 1. The van der Waals surface area contributed by atoms with Crippen LogP contribution in [0, 0.1) is 13.8 Å². The van der Waals surface area contributed by atoms with Gasteiger partial charge in [-0.05, 0) is 31.0 Å². The fourth-order valence-corrected chi connectivity index (χ4v) is 2.56. The lowest BCUT2D eigenvalue weighted by atomic mass is 10.0. The van der Waals surface area contributed by atoms with Crippen LogP contribution in [0.25, 0.3) is 11.3 Å². The Morgan fingerprint density at radius 1 is 1.35 bits per heavy atom. The predicted molar refractivity (Wildman–Crippen MR) is 69.5 cm³/mol. The largest absolute Gasteiger partial charge is 0.496 e. The third-order valence-electron chi connectivity index (χ3n) is 2.61. The van der Waals surface area contributed by atoms with Crippen LogP contribution in [0.2, 0.25) is 0 Å². The fourth-order valence-electron chi connectivity index (χ4n) is 1.92. The first kappa shape index (κ1) is 12.1. The molecule has 0 amide bonds. The van der Waals surface area contributed by atoms with E-state index in [4.69, 9.17) is 9.84 Å². The highest BCUT2D eigenvalue weighted by molar-refractivity contribution is 7.09. The minimum atomic E-state index is -0.0160. The number of hydrogen-bond donors (Lipinski definition) is 1. The molecule has 1 aromatic heterocycles. The second-order valence-electron chi connectivity index (χ2n) is 3.94. The summed E-state index contributed by atoms with van der Waals surface area (Å²) in [7, 11) is 1.66. The monoisotopic (exact) mass is 249 g/mol. The quantitative estimate of drug-likeness (QED) is 0.909. The lowest BCUT2D eigenvalue weighted by Crippen LogP contribution is -1.93. The van der Waals surface area contributed by atoms with Gasteiger partial charge in [-0.1, -0.05) is 6.07 Å². The highest BCUT2D eigenvalue weighted by Crippen LogP contribution is 2.34. The zero-order chi connectivity index (χ0) is 12.4. The maximum absolute atomic E-state index is 9.05. The minimum absolute atomic E-state index is 0.0160. The molecule has 1 aromatic carbocycles. The van der Waals surface area contributed by atoms with E-state index in [2.05, 4.69) is 11.1 Å². The average molecular weight is 249 g/mol. The Hall–Kier alpha value is -1.39. The van der Waals surface area contributed by atoms with E-state index in [0.29, 0.717) is 0 Å². The van der Waals surface area contributed by atoms with Gasteiger partial charge in [0.25, 0.3) is 0 Å². The summed E-state index contributed by atoms with van der Waals surface area (Å²) in [6, 6.07) is 4.11. The number of hydrogen-bond acceptors (Lipinski definition) is 4. The number of ether oxygens (including phenoxy) is 1. The molecule has 0 fully saturated rings. The first-order valence-electron chi connectivity index (χ1n) is 5.36. The van der Waals surface area contributed by atoms with Gasteiger partial charge < -0.3 is 9.84 Å². The Balaban J connectivity index is 2.57. The summed E-state index contributed by atoms with van der Waals surface area (Å²) in [5.41, 5.74) is 4.18. The molecule has 0 unspecified atom stereocenters. The van der Waals surface area contributed by atoms with Crippen LogP contribution < -0.4 is 4.74 Å². The van der Waals surface area contributed by atoms with Gasteiger partial charge in [0.05, 0.1) is 19.4 Å². The number of methoxy groups -OCH3 is 1. The van der Waals surface area contributed by atoms with E-state index in [1.165, 1.54) is 16.9 Å². The molecule has 1 heterocycles. The summed E-state index contributed by atoms with van der Waals surface area (Å²) >= 11 is 1.46. The van der Waals surface area contributed by atoms with Crippen LogP contribution in [0.15, 0.2) is 17.5 Å². The number of rotatable bonds is 3. The van der Waals surface area contributed by atoms with Crippen LogP contribution in [0.4, 0.5) is 0 Å². The van der Waals surface area contributed by atoms with Crippen LogP contribution in [0.3, 0.4) is 0 Å². The predicted octanol–water partition coefficient (Wildman–Crippen LogP) is 2.93. The van der Waals surface area contributed by atoms with Crippen molar-refractivity contribution in [3.8, 4) is 17.0 Å². The van der Waals surface area contributed by atoms with Crippen LogP contribution in [0.5, 0.6) is 5.75 Å². The van der Waals surface area contributed by atoms with E-state index < -0.39 is 0 Å². The molecule has 3 nitrogen and oxygen atoms in total. The normalized spacial score (nSPS) is 10.6. The van der Waals surface area contributed by atoms with Crippen LogP contribution in [-0.4, -0.2) is 17.2 Å². The zero-order valence-corrected chi connectivity index (χ0v) is 11.0. The Bertz CT molecular complexity index is 534. The van der Waals surface area contributed by atoms with E-state index in [1.807, 2.05) is 25.3 Å². The molecule has 0 bridgehead atoms. The third kappa shape index (κ3) is 2.33. The maximum Gasteiger partial charge on any atom is 0.128 e. The first-order valence-corrected chi connectivity index (χ1v) is 6.24. The Labute approximate surface area is 105 Å². The van der Waals surface area contributed by atoms with Gasteiger partial charge in [0.2, 0.25) is 0 Å². The molecule has 17 heavy (non-hydrogen) atoms. The second kappa shape index (κ2) is 4.85. The van der Waals surface area contributed by atoms with Gasteiger partial charge in [-0.2, -0.15) is 0 Å². The number of thiazole rings is 1. The minimum Gasteiger partial charge on any atom is -0.496 e. The second-order valence-corrected chi connectivity index (χ2v) is 4.89. The SMILES string of the molecule is COc1cc(C)cc(C)c1-c1csc(CO)n1. The van der Waals surface area contributed by atoms with Crippen molar-refractivity contribution in [1.29, 1.82) is 0 Å². The summed E-state index contributed by atoms with van der Waals surface area (Å²) in [5.74, 6) is 0.831. The highest BCUT2D eigenvalue weighted by Gasteiger charge is 2.13. The molecule has 0 aliphatic heterocycles. The number of aliphatic hydroxyl groups is 1. The molecule has 0 saturated carbocycles. The topological polar surface area (TPSA) is 42.4 Å². The molecule has 2 aromatic rings. The van der Waals surface area contributed by atoms with Gasteiger partial charge >= 0.3 is 0 Å². The van der Waals surface area contributed by atoms with E-state index in [1.54, 1.807) is 7.11 Å². The third-order valence-corrected chi connectivity index (χ3v) is 3.44. The molecule has 0 radical (unpaired) electrons. The summed E-state index contributed by atoms with van der Waals surface area (Å²) in [5, 5.41) is 11.7. The van der Waals surface area contributed by atoms with Crippen LogP contribution in [0.1, 0.15) is 16.1 Å². The van der Waals surface area contributed by atoms with E-state index in [0.717, 1.165) is 27.6 Å². The zero-order valence-electron chi connectivity index (χ0n) is 10.2. The van der Waals surface area contributed by atoms with E-state index in [9.17, 15) is 0 Å². The van der Waals surface area contributed by atoms with Crippen LogP contribution >= 0.6 is 11.3 Å². The molecule has 0 atom stereocenters. The van der Waals surface area contributed by atoms with E-state index >= 15 is 0 Å². The van der Waals surface area contributed by atoms with Crippen molar-refractivity contribution >= 4 is 11.3 Å². The molecule has 0 aliphatic carbocycles. The molecule has 90 valence electrons. The molecule has 4 heteroatoms. The molecule has 0 spiro atoms. The molecular formula is C13H15NO2S. The number of aromatic nitrogens is 1. The van der Waals surface area contributed by atoms with Crippen molar-refractivity contribution in [2.45, 2.75) is 20.5 Å². The lowest BCUT2D eigenvalue weighted by Gasteiger charge is -2.11. The maximum atomic E-state index is 9.05. The lowest BCUT2D eigenvalue weighted by molar-refractivity contribution is 0.281. The van der Waals surface area contributed by atoms with Crippen molar-refractivity contribution in [1.82, 2.24) is 4.98 Å².